The third kappa shape index (κ3) is 1.57. The molecule has 0 spiro atoms. The summed E-state index contributed by atoms with van der Waals surface area (Å²) in [6.45, 7) is 0. The monoisotopic (exact) mass is 166 g/mol. The second-order valence-corrected chi connectivity index (χ2v) is 1.97. The maximum absolute atomic E-state index is 10.5. The van der Waals surface area contributed by atoms with Crippen LogP contribution in [0, 0.1) is 0 Å². The van der Waals surface area contributed by atoms with Gasteiger partial charge in [-0.05, 0) is 12.1 Å². The molecule has 1 heterocycles. The van der Waals surface area contributed by atoms with Gasteiger partial charge in [0.15, 0.2) is 0 Å². The Balaban J connectivity index is 3.07. The summed E-state index contributed by atoms with van der Waals surface area (Å²) in [6, 6.07) is 2.85. The van der Waals surface area contributed by atoms with Gasteiger partial charge in [-0.15, -0.1) is 0 Å². The van der Waals surface area contributed by atoms with Crippen LogP contribution in [-0.2, 0) is 4.79 Å². The van der Waals surface area contributed by atoms with E-state index in [1.165, 1.54) is 18.3 Å². The Morgan fingerprint density at radius 1 is 1.67 bits per heavy atom. The number of carboxylic acid groups (broad SMARTS) is 1. The molecule has 1 aromatic heterocycles. The highest BCUT2D eigenvalue weighted by atomic mass is 16.4. The Kier molecular flexibility index (Phi) is 2.37. The molecule has 1 rings (SSSR count). The number of amides is 1. The van der Waals surface area contributed by atoms with Gasteiger partial charge < -0.3 is 10.4 Å². The SMILES string of the molecule is O=CNc1ncccc1C(=O)O. The van der Waals surface area contributed by atoms with E-state index in [9.17, 15) is 9.59 Å². The van der Waals surface area contributed by atoms with Crippen molar-refractivity contribution in [1.29, 1.82) is 0 Å². The van der Waals surface area contributed by atoms with Crippen molar-refractivity contribution in [3.63, 3.8) is 0 Å². The number of aromatic nitrogens is 1. The van der Waals surface area contributed by atoms with E-state index >= 15 is 0 Å². The minimum atomic E-state index is -1.12. The first kappa shape index (κ1) is 8.19. The van der Waals surface area contributed by atoms with Gasteiger partial charge in [0.2, 0.25) is 6.41 Å². The lowest BCUT2D eigenvalue weighted by Gasteiger charge is -2.00. The Hall–Kier alpha value is -1.91. The second kappa shape index (κ2) is 3.47. The van der Waals surface area contributed by atoms with E-state index in [-0.39, 0.29) is 11.4 Å². The first-order valence-electron chi connectivity index (χ1n) is 3.14. The third-order valence-corrected chi connectivity index (χ3v) is 1.23. The van der Waals surface area contributed by atoms with Crippen molar-refractivity contribution in [2.75, 3.05) is 5.32 Å². The minimum Gasteiger partial charge on any atom is -0.478 e. The van der Waals surface area contributed by atoms with Gasteiger partial charge in [0.05, 0.1) is 0 Å². The van der Waals surface area contributed by atoms with Crippen LogP contribution in [0.1, 0.15) is 10.4 Å². The van der Waals surface area contributed by atoms with Gasteiger partial charge in [-0.3, -0.25) is 4.79 Å². The molecular formula is C7H6N2O3. The van der Waals surface area contributed by atoms with Crippen molar-refractivity contribution < 1.29 is 14.7 Å². The fourth-order valence-electron chi connectivity index (χ4n) is 0.749. The number of pyridine rings is 1. The number of hydrogen-bond acceptors (Lipinski definition) is 3. The predicted octanol–water partition coefficient (Wildman–Crippen LogP) is 0.348. The third-order valence-electron chi connectivity index (χ3n) is 1.23. The molecule has 0 saturated carbocycles. The van der Waals surface area contributed by atoms with E-state index in [0.717, 1.165) is 0 Å². The van der Waals surface area contributed by atoms with Crippen LogP contribution in [0.25, 0.3) is 0 Å². The zero-order valence-corrected chi connectivity index (χ0v) is 6.02. The first-order chi connectivity index (χ1) is 5.75. The zero-order chi connectivity index (χ0) is 8.97. The summed E-state index contributed by atoms with van der Waals surface area (Å²) in [5, 5.41) is 10.8. The number of nitrogens with zero attached hydrogens (tertiary/aromatic N) is 1. The molecule has 2 N–H and O–H groups in total. The smallest absolute Gasteiger partial charge is 0.339 e. The lowest BCUT2D eigenvalue weighted by molar-refractivity contribution is -0.105. The summed E-state index contributed by atoms with van der Waals surface area (Å²) in [4.78, 5) is 24.2. The minimum absolute atomic E-state index is 0.0235. The van der Waals surface area contributed by atoms with Gasteiger partial charge in [-0.25, -0.2) is 9.78 Å². The molecule has 1 amide bonds. The Labute approximate surface area is 68.0 Å². The molecule has 0 bridgehead atoms. The topological polar surface area (TPSA) is 79.3 Å². The van der Waals surface area contributed by atoms with Gasteiger partial charge in [0.25, 0.3) is 0 Å². The van der Waals surface area contributed by atoms with Crippen molar-refractivity contribution in [3.05, 3.63) is 23.9 Å². The standard InChI is InChI=1S/C7H6N2O3/c10-4-9-6-5(7(11)12)2-1-3-8-6/h1-4H,(H,11,12)(H,8,9,10). The van der Waals surface area contributed by atoms with E-state index in [1.807, 2.05) is 0 Å². The highest BCUT2D eigenvalue weighted by molar-refractivity contribution is 5.95. The summed E-state index contributed by atoms with van der Waals surface area (Å²) in [5.74, 6) is -1.06. The second-order valence-electron chi connectivity index (χ2n) is 1.97. The van der Waals surface area contributed by atoms with Crippen LogP contribution in [0.2, 0.25) is 0 Å². The molecule has 5 nitrogen and oxygen atoms in total. The van der Waals surface area contributed by atoms with E-state index in [0.29, 0.717) is 6.41 Å². The van der Waals surface area contributed by atoms with Crippen LogP contribution >= 0.6 is 0 Å². The Bertz CT molecular complexity index is 311. The summed E-state index contributed by atoms with van der Waals surface area (Å²) in [5.41, 5.74) is -0.0235. The van der Waals surface area contributed by atoms with Crippen LogP contribution in [0.15, 0.2) is 18.3 Å². The fourth-order valence-corrected chi connectivity index (χ4v) is 0.749. The average molecular weight is 166 g/mol. The van der Waals surface area contributed by atoms with E-state index in [2.05, 4.69) is 10.3 Å². The summed E-state index contributed by atoms with van der Waals surface area (Å²) < 4.78 is 0. The average Bonchev–Trinajstić information content (AvgIpc) is 2.05. The number of carbonyl (C=O) groups excluding carboxylic acids is 1. The quantitative estimate of drug-likeness (QED) is 0.635. The van der Waals surface area contributed by atoms with Crippen LogP contribution in [0.5, 0.6) is 0 Å². The lowest BCUT2D eigenvalue weighted by atomic mass is 10.2. The number of rotatable bonds is 3. The Morgan fingerprint density at radius 3 is 3.00 bits per heavy atom. The molecule has 0 aliphatic rings. The largest absolute Gasteiger partial charge is 0.478 e. The zero-order valence-electron chi connectivity index (χ0n) is 6.02. The number of carbonyl (C=O) groups is 2. The van der Waals surface area contributed by atoms with Gasteiger partial charge >= 0.3 is 5.97 Å². The molecule has 5 heteroatoms. The highest BCUT2D eigenvalue weighted by Crippen LogP contribution is 2.09. The van der Waals surface area contributed by atoms with Crippen molar-refractivity contribution >= 4 is 18.2 Å². The number of aromatic carboxylic acids is 1. The molecule has 62 valence electrons. The number of anilines is 1. The van der Waals surface area contributed by atoms with Crippen molar-refractivity contribution in [2.45, 2.75) is 0 Å². The molecular weight excluding hydrogens is 160 g/mol. The van der Waals surface area contributed by atoms with Crippen molar-refractivity contribution in [2.24, 2.45) is 0 Å². The van der Waals surface area contributed by atoms with Crippen LogP contribution in [0.3, 0.4) is 0 Å². The van der Waals surface area contributed by atoms with Crippen LogP contribution in [-0.4, -0.2) is 22.5 Å². The predicted molar refractivity (Wildman–Crippen MR) is 40.9 cm³/mol. The lowest BCUT2D eigenvalue weighted by Crippen LogP contribution is -2.05. The van der Waals surface area contributed by atoms with Crippen LogP contribution < -0.4 is 5.32 Å². The fraction of sp³-hybridized carbons (Fsp3) is 0. The number of hydrogen-bond donors (Lipinski definition) is 2. The molecule has 0 aliphatic heterocycles. The summed E-state index contributed by atoms with van der Waals surface area (Å²) in [6.07, 6.45) is 1.78. The molecule has 0 atom stereocenters. The Morgan fingerprint density at radius 2 is 2.42 bits per heavy atom. The molecule has 12 heavy (non-hydrogen) atoms. The van der Waals surface area contributed by atoms with E-state index < -0.39 is 5.97 Å². The molecule has 0 saturated heterocycles. The summed E-state index contributed by atoms with van der Waals surface area (Å²) >= 11 is 0. The van der Waals surface area contributed by atoms with Crippen LogP contribution in [0.4, 0.5) is 5.82 Å². The van der Waals surface area contributed by atoms with E-state index in [1.54, 1.807) is 0 Å². The normalized spacial score (nSPS) is 9.00. The van der Waals surface area contributed by atoms with E-state index in [4.69, 9.17) is 5.11 Å². The molecule has 0 aliphatic carbocycles. The molecule has 0 aromatic carbocycles. The van der Waals surface area contributed by atoms with Gasteiger partial charge in [0.1, 0.15) is 11.4 Å². The molecule has 0 unspecified atom stereocenters. The highest BCUT2D eigenvalue weighted by Gasteiger charge is 2.08. The van der Waals surface area contributed by atoms with Crippen molar-refractivity contribution in [1.82, 2.24) is 4.98 Å². The number of carboxylic acids is 1. The van der Waals surface area contributed by atoms with Gasteiger partial charge in [0, 0.05) is 6.20 Å². The molecule has 1 aromatic rings. The molecule has 0 radical (unpaired) electrons. The number of nitrogens with one attached hydrogen (secondary N) is 1. The van der Waals surface area contributed by atoms with Gasteiger partial charge in [-0.1, -0.05) is 0 Å². The first-order valence-corrected chi connectivity index (χ1v) is 3.14. The summed E-state index contributed by atoms with van der Waals surface area (Å²) in [7, 11) is 0. The van der Waals surface area contributed by atoms with Gasteiger partial charge in [-0.2, -0.15) is 0 Å². The molecule has 0 fully saturated rings. The van der Waals surface area contributed by atoms with Crippen molar-refractivity contribution in [3.8, 4) is 0 Å². The maximum atomic E-state index is 10.5. The maximum Gasteiger partial charge on any atom is 0.339 e.